The van der Waals surface area contributed by atoms with E-state index in [0.717, 1.165) is 28.0 Å². The summed E-state index contributed by atoms with van der Waals surface area (Å²) < 4.78 is 5.28. The molecular formula is C31H30N2O3. The monoisotopic (exact) mass is 478 g/mol. The van der Waals surface area contributed by atoms with Crippen molar-refractivity contribution >= 4 is 11.8 Å². The van der Waals surface area contributed by atoms with E-state index in [1.165, 1.54) is 0 Å². The SMILES string of the molecule is COc1ccc(CN(C(=O)Cc2ccccc2)[C@H](C(=O)NCc2ccccc2)c2ccccc2)cc1. The molecule has 5 nitrogen and oxygen atoms in total. The standard InChI is InChI=1S/C31H30N2O3/c1-36-28-19-17-26(18-20-28)23-33(29(34)21-24-11-5-2-6-12-24)30(27-15-9-4-10-16-27)31(35)32-22-25-13-7-3-8-14-25/h2-20,30H,21-23H2,1H3,(H,32,35)/t30-/m0/s1. The lowest BCUT2D eigenvalue weighted by Gasteiger charge is -2.32. The van der Waals surface area contributed by atoms with Crippen molar-refractivity contribution < 1.29 is 14.3 Å². The van der Waals surface area contributed by atoms with Crippen molar-refractivity contribution in [2.75, 3.05) is 7.11 Å². The molecule has 0 aromatic heterocycles. The van der Waals surface area contributed by atoms with Crippen LogP contribution in [0.3, 0.4) is 0 Å². The Bertz CT molecular complexity index is 1240. The van der Waals surface area contributed by atoms with E-state index in [2.05, 4.69) is 5.32 Å². The Balaban J connectivity index is 1.66. The van der Waals surface area contributed by atoms with Gasteiger partial charge in [0.1, 0.15) is 11.8 Å². The molecule has 2 amide bonds. The fourth-order valence-electron chi connectivity index (χ4n) is 4.11. The lowest BCUT2D eigenvalue weighted by Crippen LogP contribution is -2.43. The molecular weight excluding hydrogens is 448 g/mol. The van der Waals surface area contributed by atoms with Crippen LogP contribution in [0.15, 0.2) is 115 Å². The number of ether oxygens (including phenoxy) is 1. The molecule has 0 heterocycles. The molecule has 0 saturated carbocycles. The highest BCUT2D eigenvalue weighted by atomic mass is 16.5. The number of benzene rings is 4. The summed E-state index contributed by atoms with van der Waals surface area (Å²) in [6, 6.07) is 35.6. The Labute approximate surface area is 212 Å². The molecule has 0 spiro atoms. The predicted molar refractivity (Wildman–Crippen MR) is 141 cm³/mol. The Hall–Kier alpha value is -4.38. The molecule has 1 N–H and O–H groups in total. The van der Waals surface area contributed by atoms with Crippen molar-refractivity contribution in [3.63, 3.8) is 0 Å². The Morgan fingerprint density at radius 3 is 1.86 bits per heavy atom. The fourth-order valence-corrected chi connectivity index (χ4v) is 4.11. The van der Waals surface area contributed by atoms with Gasteiger partial charge in [0.05, 0.1) is 13.5 Å². The number of carbonyl (C=O) groups excluding carboxylic acids is 2. The van der Waals surface area contributed by atoms with Gasteiger partial charge in [0, 0.05) is 13.1 Å². The van der Waals surface area contributed by atoms with Crippen molar-refractivity contribution in [1.82, 2.24) is 10.2 Å². The number of methoxy groups -OCH3 is 1. The van der Waals surface area contributed by atoms with Crippen molar-refractivity contribution in [2.45, 2.75) is 25.6 Å². The van der Waals surface area contributed by atoms with Crippen molar-refractivity contribution in [3.05, 3.63) is 138 Å². The number of hydrogen-bond donors (Lipinski definition) is 1. The molecule has 1 atom stereocenters. The molecule has 4 aromatic carbocycles. The Kier molecular flexibility index (Phi) is 8.49. The average Bonchev–Trinajstić information content (AvgIpc) is 2.93. The van der Waals surface area contributed by atoms with Crippen LogP contribution >= 0.6 is 0 Å². The summed E-state index contributed by atoms with van der Waals surface area (Å²) in [7, 11) is 1.62. The summed E-state index contributed by atoms with van der Waals surface area (Å²) in [5.41, 5.74) is 3.57. The number of rotatable bonds is 10. The van der Waals surface area contributed by atoms with Crippen LogP contribution in [0.1, 0.15) is 28.3 Å². The third kappa shape index (κ3) is 6.60. The van der Waals surface area contributed by atoms with Gasteiger partial charge in [-0.1, -0.05) is 103 Å². The molecule has 36 heavy (non-hydrogen) atoms. The van der Waals surface area contributed by atoms with E-state index in [9.17, 15) is 9.59 Å². The largest absolute Gasteiger partial charge is 0.497 e. The first-order chi connectivity index (χ1) is 17.6. The second kappa shape index (κ2) is 12.4. The van der Waals surface area contributed by atoms with E-state index in [0.29, 0.717) is 6.54 Å². The van der Waals surface area contributed by atoms with Gasteiger partial charge in [0.25, 0.3) is 0 Å². The summed E-state index contributed by atoms with van der Waals surface area (Å²) in [4.78, 5) is 29.1. The first kappa shape index (κ1) is 24.7. The van der Waals surface area contributed by atoms with E-state index in [1.54, 1.807) is 12.0 Å². The van der Waals surface area contributed by atoms with Gasteiger partial charge < -0.3 is 15.0 Å². The van der Waals surface area contributed by atoms with Crippen LogP contribution in [0, 0.1) is 0 Å². The molecule has 0 fully saturated rings. The summed E-state index contributed by atoms with van der Waals surface area (Å²) in [5.74, 6) is 0.391. The number of hydrogen-bond acceptors (Lipinski definition) is 3. The zero-order chi connectivity index (χ0) is 25.2. The van der Waals surface area contributed by atoms with E-state index < -0.39 is 6.04 Å². The van der Waals surface area contributed by atoms with Crippen molar-refractivity contribution in [2.24, 2.45) is 0 Å². The minimum Gasteiger partial charge on any atom is -0.497 e. The van der Waals surface area contributed by atoms with Crippen LogP contribution < -0.4 is 10.1 Å². The summed E-state index contributed by atoms with van der Waals surface area (Å²) in [6.07, 6.45) is 0.201. The number of carbonyl (C=O) groups is 2. The van der Waals surface area contributed by atoms with E-state index in [1.807, 2.05) is 115 Å². The number of nitrogens with one attached hydrogen (secondary N) is 1. The molecule has 0 aliphatic heterocycles. The van der Waals surface area contributed by atoms with Crippen molar-refractivity contribution in [1.29, 1.82) is 0 Å². The summed E-state index contributed by atoms with van der Waals surface area (Å²) >= 11 is 0. The molecule has 5 heteroatoms. The van der Waals surface area contributed by atoms with Gasteiger partial charge >= 0.3 is 0 Å². The highest BCUT2D eigenvalue weighted by Crippen LogP contribution is 2.26. The predicted octanol–water partition coefficient (Wildman–Crippen LogP) is 5.32. The average molecular weight is 479 g/mol. The maximum absolute atomic E-state index is 13.8. The number of nitrogens with zero attached hydrogens (tertiary/aromatic N) is 1. The third-order valence-corrected chi connectivity index (χ3v) is 6.02. The molecule has 0 unspecified atom stereocenters. The van der Waals surface area contributed by atoms with Crippen LogP contribution in [-0.4, -0.2) is 23.8 Å². The maximum atomic E-state index is 13.8. The molecule has 0 bridgehead atoms. The normalized spacial score (nSPS) is 11.4. The van der Waals surface area contributed by atoms with Gasteiger partial charge in [-0.05, 0) is 34.4 Å². The highest BCUT2D eigenvalue weighted by Gasteiger charge is 2.31. The van der Waals surface area contributed by atoms with Crippen LogP contribution in [0.4, 0.5) is 0 Å². The van der Waals surface area contributed by atoms with E-state index in [-0.39, 0.29) is 24.8 Å². The van der Waals surface area contributed by atoms with Gasteiger partial charge in [-0.2, -0.15) is 0 Å². The van der Waals surface area contributed by atoms with Gasteiger partial charge in [0.15, 0.2) is 0 Å². The third-order valence-electron chi connectivity index (χ3n) is 6.02. The molecule has 0 radical (unpaired) electrons. The topological polar surface area (TPSA) is 58.6 Å². The van der Waals surface area contributed by atoms with Crippen LogP contribution in [0.5, 0.6) is 5.75 Å². The molecule has 0 aliphatic rings. The van der Waals surface area contributed by atoms with Gasteiger partial charge in [0.2, 0.25) is 11.8 Å². The second-order valence-corrected chi connectivity index (χ2v) is 8.55. The zero-order valence-corrected chi connectivity index (χ0v) is 20.3. The molecule has 0 aliphatic carbocycles. The minimum atomic E-state index is -0.784. The molecule has 0 saturated heterocycles. The van der Waals surface area contributed by atoms with Crippen LogP contribution in [0.2, 0.25) is 0 Å². The lowest BCUT2D eigenvalue weighted by molar-refractivity contribution is -0.141. The highest BCUT2D eigenvalue weighted by molar-refractivity contribution is 5.89. The van der Waals surface area contributed by atoms with E-state index in [4.69, 9.17) is 4.74 Å². The molecule has 4 aromatic rings. The molecule has 4 rings (SSSR count). The smallest absolute Gasteiger partial charge is 0.247 e. The van der Waals surface area contributed by atoms with Gasteiger partial charge in [-0.3, -0.25) is 9.59 Å². The summed E-state index contributed by atoms with van der Waals surface area (Å²) in [6.45, 7) is 0.667. The molecule has 182 valence electrons. The Morgan fingerprint density at radius 2 is 1.28 bits per heavy atom. The number of amides is 2. The first-order valence-electron chi connectivity index (χ1n) is 12.0. The van der Waals surface area contributed by atoms with Gasteiger partial charge in [-0.25, -0.2) is 0 Å². The maximum Gasteiger partial charge on any atom is 0.247 e. The Morgan fingerprint density at radius 1 is 0.722 bits per heavy atom. The zero-order valence-electron chi connectivity index (χ0n) is 20.3. The van der Waals surface area contributed by atoms with E-state index >= 15 is 0 Å². The minimum absolute atomic E-state index is 0.124. The van der Waals surface area contributed by atoms with Crippen LogP contribution in [-0.2, 0) is 29.1 Å². The second-order valence-electron chi connectivity index (χ2n) is 8.55. The quantitative estimate of drug-likeness (QED) is 0.335. The van der Waals surface area contributed by atoms with Crippen molar-refractivity contribution in [3.8, 4) is 5.75 Å². The van der Waals surface area contributed by atoms with Gasteiger partial charge in [-0.15, -0.1) is 0 Å². The fraction of sp³-hybridized carbons (Fsp3) is 0.161. The van der Waals surface area contributed by atoms with Crippen LogP contribution in [0.25, 0.3) is 0 Å². The summed E-state index contributed by atoms with van der Waals surface area (Å²) in [5, 5.41) is 3.05. The first-order valence-corrected chi connectivity index (χ1v) is 12.0. The lowest BCUT2D eigenvalue weighted by atomic mass is 10.0.